The van der Waals surface area contributed by atoms with E-state index in [2.05, 4.69) is 12.2 Å². The lowest BCUT2D eigenvalue weighted by Gasteiger charge is -2.23. The van der Waals surface area contributed by atoms with E-state index in [1.807, 2.05) is 0 Å². The second-order valence-electron chi connectivity index (χ2n) is 7.84. The summed E-state index contributed by atoms with van der Waals surface area (Å²) in [6.45, 7) is 5.95. The third kappa shape index (κ3) is 10.3. The molecule has 0 saturated heterocycles. The standard InChI is InChI=1S/C26H35FN2O6/c1-3-5-16-33-17-14-29(26(32)28-23-9-7-6-8-22(23)27)15-18-35-21-12-10-20(11-13-21)19-24(25(30)31)34-4-2/h6-13,24H,3-5,14-19H2,1-2H3,(H,28,32)(H,30,31). The smallest absolute Gasteiger partial charge is 0.333 e. The molecule has 1 atom stereocenters. The van der Waals surface area contributed by atoms with Gasteiger partial charge in [-0.1, -0.05) is 37.6 Å². The summed E-state index contributed by atoms with van der Waals surface area (Å²) in [7, 11) is 0. The number of ether oxygens (including phenoxy) is 3. The van der Waals surface area contributed by atoms with Crippen LogP contribution in [0.3, 0.4) is 0 Å². The molecule has 192 valence electrons. The minimum Gasteiger partial charge on any atom is -0.492 e. The number of carbonyl (C=O) groups excluding carboxylic acids is 1. The van der Waals surface area contributed by atoms with Crippen LogP contribution in [0.2, 0.25) is 0 Å². The number of rotatable bonds is 16. The van der Waals surface area contributed by atoms with Gasteiger partial charge in [-0.3, -0.25) is 0 Å². The lowest BCUT2D eigenvalue weighted by molar-refractivity contribution is -0.149. The first kappa shape index (κ1) is 28.1. The van der Waals surface area contributed by atoms with Crippen molar-refractivity contribution in [2.75, 3.05) is 44.8 Å². The number of anilines is 1. The van der Waals surface area contributed by atoms with Crippen LogP contribution in [0.1, 0.15) is 32.3 Å². The summed E-state index contributed by atoms with van der Waals surface area (Å²) in [5.74, 6) is -0.920. The summed E-state index contributed by atoms with van der Waals surface area (Å²) in [6.07, 6.45) is 1.32. The monoisotopic (exact) mass is 490 g/mol. The Morgan fingerprint density at radius 1 is 1.03 bits per heavy atom. The number of unbranched alkanes of at least 4 members (excludes halogenated alkanes) is 1. The molecule has 0 aliphatic heterocycles. The molecule has 2 amide bonds. The largest absolute Gasteiger partial charge is 0.492 e. The average Bonchev–Trinajstić information content (AvgIpc) is 2.84. The molecule has 0 bridgehead atoms. The number of carboxylic acids is 1. The molecular formula is C26H35FN2O6. The lowest BCUT2D eigenvalue weighted by atomic mass is 10.1. The number of benzene rings is 2. The van der Waals surface area contributed by atoms with Gasteiger partial charge in [0.25, 0.3) is 0 Å². The molecular weight excluding hydrogens is 455 g/mol. The summed E-state index contributed by atoms with van der Waals surface area (Å²) >= 11 is 0. The molecule has 2 rings (SSSR count). The second-order valence-corrected chi connectivity index (χ2v) is 7.84. The summed E-state index contributed by atoms with van der Waals surface area (Å²) in [5, 5.41) is 11.8. The van der Waals surface area contributed by atoms with Crippen LogP contribution in [0.4, 0.5) is 14.9 Å². The maximum absolute atomic E-state index is 14.0. The summed E-state index contributed by atoms with van der Waals surface area (Å²) < 4.78 is 30.6. The molecule has 0 aliphatic carbocycles. The molecule has 2 aromatic rings. The van der Waals surface area contributed by atoms with Gasteiger partial charge in [0.05, 0.1) is 18.8 Å². The number of urea groups is 1. The van der Waals surface area contributed by atoms with E-state index < -0.39 is 23.9 Å². The maximum atomic E-state index is 14.0. The van der Waals surface area contributed by atoms with Gasteiger partial charge in [0.2, 0.25) is 0 Å². The predicted molar refractivity (Wildman–Crippen MR) is 131 cm³/mol. The number of nitrogens with one attached hydrogen (secondary N) is 1. The molecule has 0 spiro atoms. The van der Waals surface area contributed by atoms with E-state index in [0.717, 1.165) is 18.4 Å². The molecule has 0 radical (unpaired) electrons. The third-order valence-electron chi connectivity index (χ3n) is 5.17. The van der Waals surface area contributed by atoms with Gasteiger partial charge in [-0.25, -0.2) is 14.0 Å². The molecule has 0 aromatic heterocycles. The van der Waals surface area contributed by atoms with E-state index in [1.54, 1.807) is 43.3 Å². The van der Waals surface area contributed by atoms with Gasteiger partial charge in [-0.05, 0) is 43.2 Å². The Balaban J connectivity index is 1.91. The fourth-order valence-electron chi connectivity index (χ4n) is 3.22. The zero-order chi connectivity index (χ0) is 25.5. The zero-order valence-corrected chi connectivity index (χ0v) is 20.4. The van der Waals surface area contributed by atoms with Crippen molar-refractivity contribution in [3.8, 4) is 5.75 Å². The number of carboxylic acid groups (broad SMARTS) is 1. The first-order valence-corrected chi connectivity index (χ1v) is 11.9. The molecule has 2 N–H and O–H groups in total. The summed E-state index contributed by atoms with van der Waals surface area (Å²) in [4.78, 5) is 25.5. The van der Waals surface area contributed by atoms with Crippen molar-refractivity contribution < 1.29 is 33.3 Å². The average molecular weight is 491 g/mol. The van der Waals surface area contributed by atoms with E-state index in [9.17, 15) is 19.1 Å². The van der Waals surface area contributed by atoms with Crippen LogP contribution in [0.5, 0.6) is 5.75 Å². The van der Waals surface area contributed by atoms with Gasteiger partial charge in [0.1, 0.15) is 18.2 Å². The van der Waals surface area contributed by atoms with Gasteiger partial charge < -0.3 is 29.5 Å². The van der Waals surface area contributed by atoms with Crippen LogP contribution >= 0.6 is 0 Å². The molecule has 0 heterocycles. The van der Waals surface area contributed by atoms with Gasteiger partial charge >= 0.3 is 12.0 Å². The number of nitrogens with zero attached hydrogens (tertiary/aromatic N) is 1. The Labute approximate surface area is 206 Å². The number of hydrogen-bond donors (Lipinski definition) is 2. The normalized spacial score (nSPS) is 11.6. The molecule has 1 unspecified atom stereocenters. The molecule has 0 fully saturated rings. The van der Waals surface area contributed by atoms with E-state index in [4.69, 9.17) is 14.2 Å². The molecule has 8 nitrogen and oxygen atoms in total. The summed E-state index contributed by atoms with van der Waals surface area (Å²) in [5.41, 5.74) is 0.922. The van der Waals surface area contributed by atoms with Crippen molar-refractivity contribution in [1.82, 2.24) is 4.90 Å². The minimum absolute atomic E-state index is 0.109. The van der Waals surface area contributed by atoms with Gasteiger partial charge in [-0.15, -0.1) is 0 Å². The highest BCUT2D eigenvalue weighted by molar-refractivity contribution is 5.89. The van der Waals surface area contributed by atoms with Crippen molar-refractivity contribution in [3.63, 3.8) is 0 Å². The lowest BCUT2D eigenvalue weighted by Crippen LogP contribution is -2.40. The Bertz CT molecular complexity index is 909. The molecule has 0 aliphatic rings. The van der Waals surface area contributed by atoms with Crippen LogP contribution in [-0.4, -0.2) is 67.6 Å². The van der Waals surface area contributed by atoms with Crippen molar-refractivity contribution in [2.45, 2.75) is 39.2 Å². The Kier molecular flexibility index (Phi) is 12.6. The highest BCUT2D eigenvalue weighted by atomic mass is 19.1. The van der Waals surface area contributed by atoms with Crippen LogP contribution in [0.15, 0.2) is 48.5 Å². The number of halogens is 1. The Hall–Kier alpha value is -3.17. The molecule has 35 heavy (non-hydrogen) atoms. The fourth-order valence-corrected chi connectivity index (χ4v) is 3.22. The van der Waals surface area contributed by atoms with Crippen LogP contribution < -0.4 is 10.1 Å². The topological polar surface area (TPSA) is 97.3 Å². The van der Waals surface area contributed by atoms with Crippen molar-refractivity contribution in [3.05, 3.63) is 59.9 Å². The van der Waals surface area contributed by atoms with Gasteiger partial charge in [0, 0.05) is 26.2 Å². The van der Waals surface area contributed by atoms with E-state index >= 15 is 0 Å². The van der Waals surface area contributed by atoms with Crippen LogP contribution in [0, 0.1) is 5.82 Å². The van der Waals surface area contributed by atoms with Crippen LogP contribution in [-0.2, 0) is 20.7 Å². The van der Waals surface area contributed by atoms with Crippen molar-refractivity contribution in [1.29, 1.82) is 0 Å². The maximum Gasteiger partial charge on any atom is 0.333 e. The fraction of sp³-hybridized carbons (Fsp3) is 0.462. The highest BCUT2D eigenvalue weighted by Crippen LogP contribution is 2.16. The highest BCUT2D eigenvalue weighted by Gasteiger charge is 2.18. The number of para-hydroxylation sites is 1. The first-order chi connectivity index (χ1) is 16.9. The van der Waals surface area contributed by atoms with Crippen molar-refractivity contribution in [2.24, 2.45) is 0 Å². The minimum atomic E-state index is -1.00. The van der Waals surface area contributed by atoms with E-state index in [-0.39, 0.29) is 25.3 Å². The number of amides is 2. The third-order valence-corrected chi connectivity index (χ3v) is 5.17. The predicted octanol–water partition coefficient (Wildman–Crippen LogP) is 4.59. The Morgan fingerprint density at radius 3 is 2.40 bits per heavy atom. The number of aliphatic carboxylic acids is 1. The summed E-state index contributed by atoms with van der Waals surface area (Å²) in [6, 6.07) is 12.6. The van der Waals surface area contributed by atoms with E-state index in [1.165, 1.54) is 17.0 Å². The quantitative estimate of drug-likeness (QED) is 0.334. The van der Waals surface area contributed by atoms with Crippen LogP contribution in [0.25, 0.3) is 0 Å². The molecule has 9 heteroatoms. The van der Waals surface area contributed by atoms with Crippen molar-refractivity contribution >= 4 is 17.7 Å². The first-order valence-electron chi connectivity index (χ1n) is 11.9. The number of carbonyl (C=O) groups is 2. The number of hydrogen-bond acceptors (Lipinski definition) is 5. The Morgan fingerprint density at radius 2 is 1.74 bits per heavy atom. The molecule has 0 saturated carbocycles. The second kappa shape index (κ2) is 15.7. The molecule has 2 aromatic carbocycles. The zero-order valence-electron chi connectivity index (χ0n) is 20.4. The van der Waals surface area contributed by atoms with Gasteiger partial charge in [-0.2, -0.15) is 0 Å². The van der Waals surface area contributed by atoms with Gasteiger partial charge in [0.15, 0.2) is 6.10 Å². The SMILES string of the molecule is CCCCOCCN(CCOc1ccc(CC(OCC)C(=O)O)cc1)C(=O)Nc1ccccc1F. The van der Waals surface area contributed by atoms with E-state index in [0.29, 0.717) is 32.1 Å².